The van der Waals surface area contributed by atoms with Crippen molar-refractivity contribution >= 4 is 5.69 Å². The van der Waals surface area contributed by atoms with Gasteiger partial charge in [0.2, 0.25) is 0 Å². The first-order chi connectivity index (χ1) is 10.1. The number of nitrogens with one attached hydrogen (secondary N) is 1. The van der Waals surface area contributed by atoms with Crippen LogP contribution >= 0.6 is 0 Å². The first-order valence-corrected chi connectivity index (χ1v) is 6.06. The fourth-order valence-corrected chi connectivity index (χ4v) is 1.71. The zero-order chi connectivity index (χ0) is 15.2. The van der Waals surface area contributed by atoms with Crippen LogP contribution < -0.4 is 10.1 Å². The van der Waals surface area contributed by atoms with E-state index in [-0.39, 0.29) is 17.9 Å². The van der Waals surface area contributed by atoms with Crippen LogP contribution in [0, 0.1) is 17.1 Å². The fourth-order valence-electron chi connectivity index (χ4n) is 1.71. The smallest absolute Gasteiger partial charge is 0.387 e. The van der Waals surface area contributed by atoms with Crippen LogP contribution in [0.15, 0.2) is 42.5 Å². The Labute approximate surface area is 119 Å². The highest BCUT2D eigenvalue weighted by Crippen LogP contribution is 2.19. The molecule has 1 N–H and O–H groups in total. The lowest BCUT2D eigenvalue weighted by Gasteiger charge is -2.09. The predicted octanol–water partition coefficient (Wildman–Crippen LogP) is 3.91. The molecule has 3 nitrogen and oxygen atoms in total. The molecule has 2 aromatic carbocycles. The first kappa shape index (κ1) is 14.7. The minimum absolute atomic E-state index is 0.0557. The van der Waals surface area contributed by atoms with Gasteiger partial charge in [-0.1, -0.05) is 6.07 Å². The van der Waals surface area contributed by atoms with E-state index in [0.717, 1.165) is 6.07 Å². The third-order valence-electron chi connectivity index (χ3n) is 2.74. The molecule has 0 unspecified atom stereocenters. The van der Waals surface area contributed by atoms with Crippen molar-refractivity contribution in [2.75, 3.05) is 5.32 Å². The summed E-state index contributed by atoms with van der Waals surface area (Å²) in [5.41, 5.74) is 1.30. The van der Waals surface area contributed by atoms with Gasteiger partial charge in [0.25, 0.3) is 0 Å². The SMILES string of the molecule is N#Cc1ccc(CNc2ccc(OC(F)F)cc2)c(F)c1. The average molecular weight is 292 g/mol. The molecule has 0 aliphatic rings. The molecular weight excluding hydrogens is 281 g/mol. The Morgan fingerprint density at radius 1 is 1.14 bits per heavy atom. The zero-order valence-corrected chi connectivity index (χ0v) is 10.8. The molecule has 0 saturated carbocycles. The van der Waals surface area contributed by atoms with E-state index in [1.165, 1.54) is 24.3 Å². The quantitative estimate of drug-likeness (QED) is 0.908. The zero-order valence-electron chi connectivity index (χ0n) is 10.8. The molecule has 21 heavy (non-hydrogen) atoms. The lowest BCUT2D eigenvalue weighted by Crippen LogP contribution is -2.03. The maximum atomic E-state index is 13.7. The Bertz CT molecular complexity index is 651. The van der Waals surface area contributed by atoms with Crippen molar-refractivity contribution in [3.63, 3.8) is 0 Å². The number of ether oxygens (including phenoxy) is 1. The molecule has 0 fully saturated rings. The highest BCUT2D eigenvalue weighted by atomic mass is 19.3. The summed E-state index contributed by atoms with van der Waals surface area (Å²) < 4.78 is 41.9. The highest BCUT2D eigenvalue weighted by molar-refractivity contribution is 5.47. The number of benzene rings is 2. The summed E-state index contributed by atoms with van der Waals surface area (Å²) in [4.78, 5) is 0. The van der Waals surface area contributed by atoms with Gasteiger partial charge < -0.3 is 10.1 Å². The third-order valence-corrected chi connectivity index (χ3v) is 2.74. The number of hydrogen-bond acceptors (Lipinski definition) is 3. The van der Waals surface area contributed by atoms with Crippen LogP contribution in [0.4, 0.5) is 18.9 Å². The van der Waals surface area contributed by atoms with Crippen LogP contribution in [0.25, 0.3) is 0 Å². The molecule has 0 atom stereocenters. The number of halogens is 3. The third kappa shape index (κ3) is 4.14. The van der Waals surface area contributed by atoms with E-state index < -0.39 is 12.4 Å². The van der Waals surface area contributed by atoms with Gasteiger partial charge in [-0.25, -0.2) is 4.39 Å². The van der Waals surface area contributed by atoms with Crippen molar-refractivity contribution in [3.05, 3.63) is 59.4 Å². The summed E-state index contributed by atoms with van der Waals surface area (Å²) in [5, 5.41) is 11.6. The Morgan fingerprint density at radius 2 is 1.86 bits per heavy atom. The second-order valence-electron chi connectivity index (χ2n) is 4.17. The van der Waals surface area contributed by atoms with Gasteiger partial charge in [0.1, 0.15) is 11.6 Å². The average Bonchev–Trinajstić information content (AvgIpc) is 2.47. The van der Waals surface area contributed by atoms with Crippen molar-refractivity contribution < 1.29 is 17.9 Å². The molecule has 2 aromatic rings. The van der Waals surface area contributed by atoms with Crippen molar-refractivity contribution in [1.29, 1.82) is 5.26 Å². The van der Waals surface area contributed by atoms with Crippen molar-refractivity contribution in [1.82, 2.24) is 0 Å². The van der Waals surface area contributed by atoms with E-state index in [0.29, 0.717) is 11.3 Å². The van der Waals surface area contributed by atoms with Gasteiger partial charge in [0.05, 0.1) is 11.6 Å². The molecule has 0 aliphatic heterocycles. The van der Waals surface area contributed by atoms with Gasteiger partial charge >= 0.3 is 6.61 Å². The number of alkyl halides is 2. The molecule has 0 saturated heterocycles. The van der Waals surface area contributed by atoms with Crippen molar-refractivity contribution in [2.45, 2.75) is 13.2 Å². The van der Waals surface area contributed by atoms with E-state index in [9.17, 15) is 13.2 Å². The second kappa shape index (κ2) is 6.66. The van der Waals surface area contributed by atoms with Gasteiger partial charge in [0.15, 0.2) is 0 Å². The fraction of sp³-hybridized carbons (Fsp3) is 0.133. The molecule has 0 bridgehead atoms. The maximum Gasteiger partial charge on any atom is 0.387 e. The largest absolute Gasteiger partial charge is 0.435 e. The number of nitriles is 1. The van der Waals surface area contributed by atoms with Crippen LogP contribution in [0.5, 0.6) is 5.75 Å². The molecule has 0 radical (unpaired) electrons. The van der Waals surface area contributed by atoms with E-state index in [1.54, 1.807) is 12.1 Å². The topological polar surface area (TPSA) is 45.0 Å². The molecule has 0 heterocycles. The van der Waals surface area contributed by atoms with E-state index in [2.05, 4.69) is 10.1 Å². The predicted molar refractivity (Wildman–Crippen MR) is 71.5 cm³/mol. The van der Waals surface area contributed by atoms with E-state index in [1.807, 2.05) is 6.07 Å². The number of nitrogens with zero attached hydrogens (tertiary/aromatic N) is 1. The summed E-state index contributed by atoms with van der Waals surface area (Å²) in [6.07, 6.45) is 0. The maximum absolute atomic E-state index is 13.7. The first-order valence-electron chi connectivity index (χ1n) is 6.06. The molecule has 0 spiro atoms. The van der Waals surface area contributed by atoms with Crippen LogP contribution in [0.2, 0.25) is 0 Å². The summed E-state index contributed by atoms with van der Waals surface area (Å²) >= 11 is 0. The van der Waals surface area contributed by atoms with Gasteiger partial charge in [-0.15, -0.1) is 0 Å². The Hall–Kier alpha value is -2.68. The van der Waals surface area contributed by atoms with Crippen LogP contribution in [-0.2, 0) is 6.54 Å². The molecule has 0 aliphatic carbocycles. The van der Waals surface area contributed by atoms with Gasteiger partial charge in [-0.05, 0) is 36.4 Å². The Balaban J connectivity index is 1.98. The normalized spacial score (nSPS) is 10.2. The van der Waals surface area contributed by atoms with Gasteiger partial charge in [-0.2, -0.15) is 14.0 Å². The second-order valence-corrected chi connectivity index (χ2v) is 4.17. The number of rotatable bonds is 5. The summed E-state index contributed by atoms with van der Waals surface area (Å²) in [7, 11) is 0. The van der Waals surface area contributed by atoms with Crippen molar-refractivity contribution in [3.8, 4) is 11.8 Å². The molecule has 0 amide bonds. The van der Waals surface area contributed by atoms with E-state index >= 15 is 0 Å². The van der Waals surface area contributed by atoms with Crippen LogP contribution in [-0.4, -0.2) is 6.61 Å². The highest BCUT2D eigenvalue weighted by Gasteiger charge is 2.05. The lowest BCUT2D eigenvalue weighted by atomic mass is 10.1. The summed E-state index contributed by atoms with van der Waals surface area (Å²) in [6.45, 7) is -2.65. The Kier molecular flexibility index (Phi) is 4.67. The van der Waals surface area contributed by atoms with Gasteiger partial charge in [0, 0.05) is 17.8 Å². The van der Waals surface area contributed by atoms with Gasteiger partial charge in [-0.3, -0.25) is 0 Å². The summed E-state index contributed by atoms with van der Waals surface area (Å²) in [6, 6.07) is 12.0. The minimum atomic E-state index is -2.86. The Morgan fingerprint density at radius 3 is 2.43 bits per heavy atom. The molecule has 108 valence electrons. The van der Waals surface area contributed by atoms with Crippen LogP contribution in [0.1, 0.15) is 11.1 Å². The standard InChI is InChI=1S/C15H11F3N2O/c16-14-7-10(8-19)1-2-11(14)9-20-12-3-5-13(6-4-12)21-15(17)18/h1-7,15,20H,9H2. The van der Waals surface area contributed by atoms with E-state index in [4.69, 9.17) is 5.26 Å². The number of anilines is 1. The number of hydrogen-bond donors (Lipinski definition) is 1. The summed E-state index contributed by atoms with van der Waals surface area (Å²) in [5.74, 6) is -0.417. The van der Waals surface area contributed by atoms with Crippen LogP contribution in [0.3, 0.4) is 0 Å². The molecular formula is C15H11F3N2O. The molecule has 2 rings (SSSR count). The minimum Gasteiger partial charge on any atom is -0.435 e. The molecule has 6 heteroatoms. The van der Waals surface area contributed by atoms with Crippen molar-refractivity contribution in [2.24, 2.45) is 0 Å². The monoisotopic (exact) mass is 292 g/mol. The lowest BCUT2D eigenvalue weighted by molar-refractivity contribution is -0.0498. The molecule has 0 aromatic heterocycles.